The maximum absolute atomic E-state index is 12.3. The lowest BCUT2D eigenvalue weighted by Gasteiger charge is -2.30. The monoisotopic (exact) mass is 446 g/mol. The number of aliphatic hydroxyl groups excluding tert-OH is 1. The number of benzene rings is 2. The number of ether oxygens (including phenoxy) is 1. The Labute approximate surface area is 184 Å². The third-order valence-corrected chi connectivity index (χ3v) is 6.72. The van der Waals surface area contributed by atoms with Crippen molar-refractivity contribution in [2.75, 3.05) is 37.3 Å². The standard InChI is InChI=1S/C23H30N2O5S/c1-24(31(2,28)29)22-9-5-6-10-23(22)30-17-21(27)12-11-20(26)16-25-14-13-18-7-3-4-8-19(18)15-25/h3-10,20,26H,11-17H2,1-2H3. The highest BCUT2D eigenvalue weighted by atomic mass is 32.2. The van der Waals surface area contributed by atoms with E-state index in [0.29, 0.717) is 24.4 Å². The zero-order valence-electron chi connectivity index (χ0n) is 18.0. The van der Waals surface area contributed by atoms with E-state index >= 15 is 0 Å². The molecule has 0 fully saturated rings. The van der Waals surface area contributed by atoms with Crippen LogP contribution in [0.25, 0.3) is 0 Å². The minimum atomic E-state index is -3.44. The van der Waals surface area contributed by atoms with Crippen LogP contribution < -0.4 is 9.04 Å². The SMILES string of the molecule is CN(c1ccccc1OCC(=O)CCC(O)CN1CCc2ccccc2C1)S(C)(=O)=O. The molecule has 7 nitrogen and oxygen atoms in total. The molecule has 1 heterocycles. The van der Waals surface area contributed by atoms with E-state index in [1.165, 1.54) is 18.2 Å². The van der Waals surface area contributed by atoms with Gasteiger partial charge >= 0.3 is 0 Å². The number of Topliss-reactive ketones (excluding diaryl/α,β-unsaturated/α-hetero) is 1. The summed E-state index contributed by atoms with van der Waals surface area (Å²) in [7, 11) is -2.00. The van der Waals surface area contributed by atoms with Crippen LogP contribution in [-0.2, 0) is 27.8 Å². The fourth-order valence-corrected chi connectivity index (χ4v) is 4.18. The maximum atomic E-state index is 12.3. The van der Waals surface area contributed by atoms with Crippen molar-refractivity contribution >= 4 is 21.5 Å². The Morgan fingerprint density at radius 1 is 1.16 bits per heavy atom. The first kappa shape index (κ1) is 23.2. The van der Waals surface area contributed by atoms with Gasteiger partial charge in [-0.2, -0.15) is 0 Å². The van der Waals surface area contributed by atoms with E-state index in [2.05, 4.69) is 23.1 Å². The van der Waals surface area contributed by atoms with Gasteiger partial charge in [0.15, 0.2) is 5.78 Å². The fourth-order valence-electron chi connectivity index (χ4n) is 3.68. The van der Waals surface area contributed by atoms with E-state index in [9.17, 15) is 18.3 Å². The van der Waals surface area contributed by atoms with Crippen molar-refractivity contribution in [3.05, 3.63) is 59.7 Å². The van der Waals surface area contributed by atoms with Crippen molar-refractivity contribution in [2.24, 2.45) is 0 Å². The summed E-state index contributed by atoms with van der Waals surface area (Å²) in [4.78, 5) is 14.5. The van der Waals surface area contributed by atoms with Crippen molar-refractivity contribution in [2.45, 2.75) is 31.9 Å². The number of β-amino-alcohol motifs (C(OH)–C–C–N with tert-alkyl or cyclic N) is 1. The van der Waals surface area contributed by atoms with E-state index in [4.69, 9.17) is 4.74 Å². The fraction of sp³-hybridized carbons (Fsp3) is 0.435. The molecule has 1 aliphatic rings. The number of para-hydroxylation sites is 2. The van der Waals surface area contributed by atoms with E-state index < -0.39 is 16.1 Å². The molecular formula is C23H30N2O5S. The minimum absolute atomic E-state index is 0.139. The summed E-state index contributed by atoms with van der Waals surface area (Å²) in [6.07, 6.45) is 2.06. The van der Waals surface area contributed by atoms with Gasteiger partial charge in [-0.15, -0.1) is 0 Å². The smallest absolute Gasteiger partial charge is 0.232 e. The molecule has 0 amide bonds. The third kappa shape index (κ3) is 6.53. The molecule has 0 aliphatic carbocycles. The molecule has 0 saturated carbocycles. The average molecular weight is 447 g/mol. The summed E-state index contributed by atoms with van der Waals surface area (Å²) in [5.74, 6) is 0.191. The lowest BCUT2D eigenvalue weighted by molar-refractivity contribution is -0.121. The largest absolute Gasteiger partial charge is 0.484 e. The van der Waals surface area contributed by atoms with Gasteiger partial charge in [0, 0.05) is 33.1 Å². The number of carbonyl (C=O) groups excluding carboxylic acids is 1. The third-order valence-electron chi connectivity index (χ3n) is 5.53. The number of hydrogen-bond acceptors (Lipinski definition) is 6. The number of rotatable bonds is 10. The van der Waals surface area contributed by atoms with Crippen LogP contribution in [0.4, 0.5) is 5.69 Å². The predicted molar refractivity (Wildman–Crippen MR) is 121 cm³/mol. The molecule has 1 unspecified atom stereocenters. The van der Waals surface area contributed by atoms with E-state index in [1.54, 1.807) is 24.3 Å². The number of fused-ring (bicyclic) bond motifs is 1. The van der Waals surface area contributed by atoms with Gasteiger partial charge in [-0.25, -0.2) is 8.42 Å². The van der Waals surface area contributed by atoms with Gasteiger partial charge in [0.05, 0.1) is 18.0 Å². The Kier molecular flexibility index (Phi) is 7.69. The van der Waals surface area contributed by atoms with Crippen LogP contribution >= 0.6 is 0 Å². The zero-order chi connectivity index (χ0) is 22.4. The summed E-state index contributed by atoms with van der Waals surface area (Å²) in [6, 6.07) is 15.0. The van der Waals surface area contributed by atoms with Crippen LogP contribution in [0, 0.1) is 0 Å². The van der Waals surface area contributed by atoms with E-state index in [1.807, 2.05) is 6.07 Å². The second-order valence-electron chi connectivity index (χ2n) is 7.97. The van der Waals surface area contributed by atoms with Gasteiger partial charge in [0.2, 0.25) is 10.0 Å². The predicted octanol–water partition coefficient (Wildman–Crippen LogP) is 2.23. The number of anilines is 1. The van der Waals surface area contributed by atoms with Gasteiger partial charge < -0.3 is 9.84 Å². The highest BCUT2D eigenvalue weighted by Gasteiger charge is 2.20. The number of sulfonamides is 1. The van der Waals surface area contributed by atoms with Crippen LogP contribution in [0.15, 0.2) is 48.5 Å². The Balaban J connectivity index is 1.45. The van der Waals surface area contributed by atoms with Gasteiger partial charge in [-0.05, 0) is 36.1 Å². The maximum Gasteiger partial charge on any atom is 0.232 e. The Morgan fingerprint density at radius 2 is 1.84 bits per heavy atom. The van der Waals surface area contributed by atoms with Gasteiger partial charge in [0.25, 0.3) is 0 Å². The van der Waals surface area contributed by atoms with Crippen molar-refractivity contribution in [3.8, 4) is 5.75 Å². The number of hydrogen-bond donors (Lipinski definition) is 1. The molecule has 0 bridgehead atoms. The summed E-state index contributed by atoms with van der Waals surface area (Å²) < 4.78 is 30.3. The summed E-state index contributed by atoms with van der Waals surface area (Å²) in [5, 5.41) is 10.4. The average Bonchev–Trinajstić information content (AvgIpc) is 2.75. The molecule has 0 saturated heterocycles. The number of nitrogens with zero attached hydrogens (tertiary/aromatic N) is 2. The van der Waals surface area contributed by atoms with E-state index in [0.717, 1.165) is 30.1 Å². The first-order valence-corrected chi connectivity index (χ1v) is 12.2. The first-order chi connectivity index (χ1) is 14.7. The Bertz CT molecular complexity index is 1010. The van der Waals surface area contributed by atoms with Crippen LogP contribution in [0.2, 0.25) is 0 Å². The molecule has 1 N–H and O–H groups in total. The van der Waals surface area contributed by atoms with Gasteiger partial charge in [-0.1, -0.05) is 36.4 Å². The molecule has 2 aromatic rings. The first-order valence-electron chi connectivity index (χ1n) is 10.4. The minimum Gasteiger partial charge on any atom is -0.484 e. The molecule has 1 aliphatic heterocycles. The molecule has 168 valence electrons. The molecule has 0 aromatic heterocycles. The van der Waals surface area contributed by atoms with Gasteiger partial charge in [-0.3, -0.25) is 14.0 Å². The topological polar surface area (TPSA) is 87.2 Å². The second-order valence-corrected chi connectivity index (χ2v) is 9.99. The summed E-state index contributed by atoms with van der Waals surface area (Å²) >= 11 is 0. The highest BCUT2D eigenvalue weighted by Crippen LogP contribution is 2.28. The molecular weight excluding hydrogens is 416 g/mol. The molecule has 31 heavy (non-hydrogen) atoms. The highest BCUT2D eigenvalue weighted by molar-refractivity contribution is 7.92. The summed E-state index contributed by atoms with van der Waals surface area (Å²) in [6.45, 7) is 2.08. The van der Waals surface area contributed by atoms with E-state index in [-0.39, 0.29) is 18.8 Å². The molecule has 0 radical (unpaired) electrons. The van der Waals surface area contributed by atoms with Crippen molar-refractivity contribution in [1.82, 2.24) is 4.90 Å². The Hall–Kier alpha value is -2.42. The zero-order valence-corrected chi connectivity index (χ0v) is 18.8. The lowest BCUT2D eigenvalue weighted by atomic mass is 9.99. The Morgan fingerprint density at radius 3 is 2.58 bits per heavy atom. The molecule has 0 spiro atoms. The molecule has 2 aromatic carbocycles. The van der Waals surface area contributed by atoms with Crippen molar-refractivity contribution < 1.29 is 23.1 Å². The van der Waals surface area contributed by atoms with Crippen LogP contribution in [0.3, 0.4) is 0 Å². The second kappa shape index (κ2) is 10.3. The molecule has 3 rings (SSSR count). The normalized spacial score (nSPS) is 15.2. The van der Waals surface area contributed by atoms with Crippen molar-refractivity contribution in [1.29, 1.82) is 0 Å². The number of carbonyl (C=O) groups is 1. The lowest BCUT2D eigenvalue weighted by Crippen LogP contribution is -2.36. The molecule has 8 heteroatoms. The summed E-state index contributed by atoms with van der Waals surface area (Å²) in [5.41, 5.74) is 3.04. The quantitative estimate of drug-likeness (QED) is 0.602. The number of aliphatic hydroxyl groups is 1. The van der Waals surface area contributed by atoms with Gasteiger partial charge in [0.1, 0.15) is 12.4 Å². The van der Waals surface area contributed by atoms with Crippen LogP contribution in [0.5, 0.6) is 5.75 Å². The van der Waals surface area contributed by atoms with Crippen molar-refractivity contribution in [3.63, 3.8) is 0 Å². The van der Waals surface area contributed by atoms with Crippen LogP contribution in [-0.4, -0.2) is 63.3 Å². The molecule has 1 atom stereocenters. The van der Waals surface area contributed by atoms with Crippen LogP contribution in [0.1, 0.15) is 24.0 Å². The number of ketones is 1.